The Labute approximate surface area is 115 Å². The summed E-state index contributed by atoms with van der Waals surface area (Å²) >= 11 is 0. The number of aromatic amines is 1. The minimum Gasteiger partial charge on any atom is -0.462 e. The minimum absolute atomic E-state index is 0.108. The van der Waals surface area contributed by atoms with Gasteiger partial charge < -0.3 is 19.2 Å². The lowest BCUT2D eigenvalue weighted by Crippen LogP contribution is -2.14. The number of carbonyl (C=O) groups is 2. The molecule has 1 heterocycles. The van der Waals surface area contributed by atoms with E-state index in [9.17, 15) is 9.59 Å². The monoisotopic (exact) mass is 277 g/mol. The van der Waals surface area contributed by atoms with E-state index in [1.807, 2.05) is 6.07 Å². The van der Waals surface area contributed by atoms with Crippen LogP contribution in [0.1, 0.15) is 24.2 Å². The maximum atomic E-state index is 11.9. The van der Waals surface area contributed by atoms with Crippen LogP contribution >= 0.6 is 0 Å². The molecule has 0 unspecified atom stereocenters. The summed E-state index contributed by atoms with van der Waals surface area (Å²) in [4.78, 5) is 26.3. The first kappa shape index (κ1) is 13.9. The van der Waals surface area contributed by atoms with Crippen molar-refractivity contribution in [3.63, 3.8) is 0 Å². The number of H-pyrrole nitrogens is 1. The zero-order valence-electron chi connectivity index (χ0n) is 11.3. The topological polar surface area (TPSA) is 77.6 Å². The maximum Gasteiger partial charge on any atom is 0.513 e. The van der Waals surface area contributed by atoms with Crippen molar-refractivity contribution in [3.8, 4) is 5.75 Å². The van der Waals surface area contributed by atoms with Crippen LogP contribution in [0.25, 0.3) is 10.9 Å². The van der Waals surface area contributed by atoms with Gasteiger partial charge in [0, 0.05) is 23.2 Å². The number of rotatable bonds is 4. The molecule has 0 spiro atoms. The lowest BCUT2D eigenvalue weighted by Gasteiger charge is -2.09. The van der Waals surface area contributed by atoms with Crippen LogP contribution in [0.15, 0.2) is 24.4 Å². The van der Waals surface area contributed by atoms with Crippen LogP contribution in [-0.4, -0.2) is 30.3 Å². The van der Waals surface area contributed by atoms with Crippen LogP contribution in [0.3, 0.4) is 0 Å². The minimum atomic E-state index is -0.857. The van der Waals surface area contributed by atoms with Crippen molar-refractivity contribution in [1.82, 2.24) is 4.98 Å². The number of benzene rings is 1. The van der Waals surface area contributed by atoms with E-state index in [1.165, 1.54) is 0 Å². The van der Waals surface area contributed by atoms with Crippen molar-refractivity contribution >= 4 is 23.0 Å². The quantitative estimate of drug-likeness (QED) is 0.686. The molecule has 0 amide bonds. The van der Waals surface area contributed by atoms with Gasteiger partial charge in [0.2, 0.25) is 0 Å². The highest BCUT2D eigenvalue weighted by Crippen LogP contribution is 2.26. The van der Waals surface area contributed by atoms with Crippen LogP contribution in [0.2, 0.25) is 0 Å². The molecule has 0 bridgehead atoms. The van der Waals surface area contributed by atoms with Gasteiger partial charge in [0.05, 0.1) is 13.2 Å². The molecule has 1 aromatic heterocycles. The Morgan fingerprint density at radius 3 is 2.60 bits per heavy atom. The van der Waals surface area contributed by atoms with Crippen molar-refractivity contribution in [2.75, 3.05) is 13.2 Å². The third-order valence-electron chi connectivity index (χ3n) is 2.60. The second-order valence-corrected chi connectivity index (χ2v) is 3.92. The fraction of sp³-hybridized carbons (Fsp3) is 0.286. The number of aromatic nitrogens is 1. The predicted molar refractivity (Wildman–Crippen MR) is 71.9 cm³/mol. The van der Waals surface area contributed by atoms with E-state index in [2.05, 4.69) is 4.98 Å². The van der Waals surface area contributed by atoms with E-state index >= 15 is 0 Å². The molecule has 2 rings (SSSR count). The SMILES string of the molecule is CCOC(=O)Oc1cc2[nH]ccc2cc1C(=O)OCC. The number of hydrogen-bond donors (Lipinski definition) is 1. The molecule has 0 fully saturated rings. The van der Waals surface area contributed by atoms with Crippen LogP contribution in [-0.2, 0) is 9.47 Å². The Bertz CT molecular complexity index is 632. The number of carbonyl (C=O) groups excluding carboxylic acids is 2. The number of nitrogens with one attached hydrogen (secondary N) is 1. The largest absolute Gasteiger partial charge is 0.513 e. The smallest absolute Gasteiger partial charge is 0.462 e. The van der Waals surface area contributed by atoms with E-state index in [0.29, 0.717) is 0 Å². The lowest BCUT2D eigenvalue weighted by molar-refractivity contribution is 0.0521. The molecule has 2 aromatic rings. The summed E-state index contributed by atoms with van der Waals surface area (Å²) in [5.41, 5.74) is 0.935. The highest BCUT2D eigenvalue weighted by Gasteiger charge is 2.18. The molecule has 0 radical (unpaired) electrons. The molecule has 0 atom stereocenters. The van der Waals surface area contributed by atoms with E-state index in [1.54, 1.807) is 32.2 Å². The third kappa shape index (κ3) is 2.90. The molecule has 1 N–H and O–H groups in total. The normalized spacial score (nSPS) is 10.3. The molecule has 20 heavy (non-hydrogen) atoms. The van der Waals surface area contributed by atoms with E-state index in [0.717, 1.165) is 10.9 Å². The molecular formula is C14H15NO5. The van der Waals surface area contributed by atoms with Crippen molar-refractivity contribution in [3.05, 3.63) is 30.0 Å². The Hall–Kier alpha value is -2.50. The van der Waals surface area contributed by atoms with Crippen LogP contribution < -0.4 is 4.74 Å². The molecule has 0 saturated carbocycles. The highest BCUT2D eigenvalue weighted by atomic mass is 16.7. The van der Waals surface area contributed by atoms with Crippen LogP contribution in [0.4, 0.5) is 4.79 Å². The van der Waals surface area contributed by atoms with Gasteiger partial charge in [0.25, 0.3) is 0 Å². The Morgan fingerprint density at radius 2 is 1.90 bits per heavy atom. The molecule has 1 aromatic carbocycles. The molecule has 0 aliphatic rings. The molecule has 0 aliphatic heterocycles. The van der Waals surface area contributed by atoms with E-state index in [4.69, 9.17) is 14.2 Å². The van der Waals surface area contributed by atoms with E-state index in [-0.39, 0.29) is 24.5 Å². The fourth-order valence-electron chi connectivity index (χ4n) is 1.77. The summed E-state index contributed by atoms with van der Waals surface area (Å²) in [7, 11) is 0. The summed E-state index contributed by atoms with van der Waals surface area (Å²) in [6.45, 7) is 3.81. The van der Waals surface area contributed by atoms with Gasteiger partial charge in [-0.05, 0) is 26.0 Å². The second-order valence-electron chi connectivity index (χ2n) is 3.92. The summed E-state index contributed by atoms with van der Waals surface area (Å²) in [6, 6.07) is 4.99. The number of ether oxygens (including phenoxy) is 3. The van der Waals surface area contributed by atoms with Crippen molar-refractivity contribution in [2.45, 2.75) is 13.8 Å². The summed E-state index contributed by atoms with van der Waals surface area (Å²) in [5, 5.41) is 0.823. The van der Waals surface area contributed by atoms with Crippen molar-refractivity contribution < 1.29 is 23.8 Å². The van der Waals surface area contributed by atoms with Crippen LogP contribution in [0, 0.1) is 0 Å². The maximum absolute atomic E-state index is 11.9. The summed E-state index contributed by atoms with van der Waals surface area (Å²) in [5.74, 6) is -0.438. The summed E-state index contributed by atoms with van der Waals surface area (Å²) < 4.78 is 14.7. The van der Waals surface area contributed by atoms with Gasteiger partial charge in [-0.1, -0.05) is 0 Å². The lowest BCUT2D eigenvalue weighted by atomic mass is 10.1. The first-order chi connectivity index (χ1) is 9.65. The van der Waals surface area contributed by atoms with Gasteiger partial charge in [-0.15, -0.1) is 0 Å². The van der Waals surface area contributed by atoms with Gasteiger partial charge in [-0.3, -0.25) is 0 Å². The van der Waals surface area contributed by atoms with Crippen molar-refractivity contribution in [1.29, 1.82) is 0 Å². The molecular weight excluding hydrogens is 262 g/mol. The number of hydrogen-bond acceptors (Lipinski definition) is 5. The van der Waals surface area contributed by atoms with Gasteiger partial charge in [-0.25, -0.2) is 9.59 Å². The first-order valence-corrected chi connectivity index (χ1v) is 6.28. The zero-order valence-corrected chi connectivity index (χ0v) is 11.3. The molecule has 0 aliphatic carbocycles. The number of fused-ring (bicyclic) bond motifs is 1. The Kier molecular flexibility index (Phi) is 4.24. The first-order valence-electron chi connectivity index (χ1n) is 6.28. The highest BCUT2D eigenvalue weighted by molar-refractivity contribution is 5.98. The zero-order chi connectivity index (χ0) is 14.5. The average molecular weight is 277 g/mol. The molecule has 0 saturated heterocycles. The second kappa shape index (κ2) is 6.10. The van der Waals surface area contributed by atoms with Crippen LogP contribution in [0.5, 0.6) is 5.75 Å². The van der Waals surface area contributed by atoms with Gasteiger partial charge in [-0.2, -0.15) is 0 Å². The number of esters is 1. The predicted octanol–water partition coefficient (Wildman–Crippen LogP) is 2.88. The molecule has 6 heteroatoms. The molecule has 6 nitrogen and oxygen atoms in total. The van der Waals surface area contributed by atoms with E-state index < -0.39 is 12.1 Å². The average Bonchev–Trinajstić information content (AvgIpc) is 2.85. The standard InChI is InChI=1S/C14H15NO5/c1-3-18-13(16)10-7-9-5-6-15-11(9)8-12(10)20-14(17)19-4-2/h5-8,15H,3-4H2,1-2H3. The van der Waals surface area contributed by atoms with Gasteiger partial charge >= 0.3 is 12.1 Å². The Balaban J connectivity index is 2.40. The van der Waals surface area contributed by atoms with Gasteiger partial charge in [0.1, 0.15) is 5.56 Å². The van der Waals surface area contributed by atoms with Crippen molar-refractivity contribution in [2.24, 2.45) is 0 Å². The van der Waals surface area contributed by atoms with Gasteiger partial charge in [0.15, 0.2) is 5.75 Å². The third-order valence-corrected chi connectivity index (χ3v) is 2.60. The fourth-order valence-corrected chi connectivity index (χ4v) is 1.77. The Morgan fingerprint density at radius 1 is 1.15 bits per heavy atom. The molecule has 106 valence electrons. The summed E-state index contributed by atoms with van der Waals surface area (Å²) in [6.07, 6.45) is 0.872.